The molecule has 2 rings (SSSR count). The van der Waals surface area contributed by atoms with E-state index >= 15 is 0 Å². The van der Waals surface area contributed by atoms with E-state index in [0.29, 0.717) is 11.7 Å². The van der Waals surface area contributed by atoms with E-state index in [9.17, 15) is 5.11 Å². The largest absolute Gasteiger partial charge is 0.508 e. The molecule has 14 heavy (non-hydrogen) atoms. The Bertz CT molecular complexity index is 371. The van der Waals surface area contributed by atoms with E-state index in [-0.39, 0.29) is 11.5 Å². The first-order valence-corrected chi connectivity index (χ1v) is 4.99. The first kappa shape index (κ1) is 9.53. The fourth-order valence-corrected chi connectivity index (χ4v) is 2.13. The summed E-state index contributed by atoms with van der Waals surface area (Å²) >= 11 is 0. The maximum Gasteiger partial charge on any atom is 0.118 e. The second-order valence-corrected chi connectivity index (χ2v) is 4.87. The second-order valence-electron chi connectivity index (χ2n) is 4.87. The average molecular weight is 191 g/mol. The Morgan fingerprint density at radius 3 is 2.36 bits per heavy atom. The van der Waals surface area contributed by atoms with Crippen LogP contribution in [0.5, 0.6) is 5.75 Å². The summed E-state index contributed by atoms with van der Waals surface area (Å²) in [5, 5.41) is 9.59. The molecule has 0 saturated heterocycles. The monoisotopic (exact) mass is 191 g/mol. The van der Waals surface area contributed by atoms with Gasteiger partial charge in [-0.05, 0) is 29.5 Å². The van der Waals surface area contributed by atoms with E-state index in [1.807, 2.05) is 19.1 Å². The highest BCUT2D eigenvalue weighted by molar-refractivity contribution is 5.42. The van der Waals surface area contributed by atoms with Gasteiger partial charge in [0.05, 0.1) is 0 Å². The van der Waals surface area contributed by atoms with E-state index in [2.05, 4.69) is 19.9 Å². The van der Waals surface area contributed by atoms with Crippen LogP contribution in [-0.4, -0.2) is 11.1 Å². The minimum atomic E-state index is 0.182. The number of benzene rings is 1. The van der Waals surface area contributed by atoms with Crippen LogP contribution in [0.1, 0.15) is 30.9 Å². The van der Waals surface area contributed by atoms with Gasteiger partial charge in [-0.2, -0.15) is 0 Å². The van der Waals surface area contributed by atoms with Crippen molar-refractivity contribution in [3.05, 3.63) is 29.3 Å². The molecule has 0 bridgehead atoms. The summed E-state index contributed by atoms with van der Waals surface area (Å²) in [6.45, 7) is 6.23. The van der Waals surface area contributed by atoms with Crippen LogP contribution >= 0.6 is 0 Å². The highest BCUT2D eigenvalue weighted by Gasteiger charge is 2.56. The first-order valence-electron chi connectivity index (χ1n) is 4.99. The molecular formula is C12H17NO. The Morgan fingerprint density at radius 1 is 1.36 bits per heavy atom. The van der Waals surface area contributed by atoms with E-state index in [4.69, 9.17) is 5.73 Å². The molecule has 0 unspecified atom stereocenters. The van der Waals surface area contributed by atoms with Crippen molar-refractivity contribution >= 4 is 0 Å². The number of hydrogen-bond acceptors (Lipinski definition) is 2. The molecule has 1 aliphatic carbocycles. The quantitative estimate of drug-likeness (QED) is 0.714. The second kappa shape index (κ2) is 2.74. The zero-order chi connectivity index (χ0) is 10.5. The zero-order valence-corrected chi connectivity index (χ0v) is 8.91. The molecule has 0 heterocycles. The minimum Gasteiger partial charge on any atom is -0.508 e. The van der Waals surface area contributed by atoms with Crippen molar-refractivity contribution in [2.24, 2.45) is 11.1 Å². The van der Waals surface area contributed by atoms with Crippen molar-refractivity contribution in [1.82, 2.24) is 0 Å². The van der Waals surface area contributed by atoms with Crippen LogP contribution in [0.3, 0.4) is 0 Å². The number of hydrogen-bond donors (Lipinski definition) is 2. The summed E-state index contributed by atoms with van der Waals surface area (Å²) in [6.07, 6.45) is 0. The van der Waals surface area contributed by atoms with E-state index in [1.165, 1.54) is 0 Å². The summed E-state index contributed by atoms with van der Waals surface area (Å²) in [7, 11) is 0. The van der Waals surface area contributed by atoms with Crippen LogP contribution in [0.15, 0.2) is 18.2 Å². The molecule has 1 fully saturated rings. The molecule has 2 nitrogen and oxygen atoms in total. The zero-order valence-electron chi connectivity index (χ0n) is 8.91. The Labute approximate surface area is 84.7 Å². The lowest BCUT2D eigenvalue weighted by atomic mass is 10.0. The lowest BCUT2D eigenvalue weighted by Gasteiger charge is -2.05. The van der Waals surface area contributed by atoms with E-state index in [0.717, 1.165) is 11.1 Å². The van der Waals surface area contributed by atoms with Crippen LogP contribution in [0.2, 0.25) is 0 Å². The SMILES string of the molecule is Cc1ccc([C@H]2[C@H](N)C2(C)C)cc1O. The van der Waals surface area contributed by atoms with Gasteiger partial charge in [-0.15, -0.1) is 0 Å². The molecule has 0 spiro atoms. The number of nitrogens with two attached hydrogens (primary N) is 1. The fourth-order valence-electron chi connectivity index (χ4n) is 2.13. The molecule has 2 atom stereocenters. The molecule has 2 heteroatoms. The van der Waals surface area contributed by atoms with Gasteiger partial charge in [0.25, 0.3) is 0 Å². The van der Waals surface area contributed by atoms with Crippen molar-refractivity contribution < 1.29 is 5.11 Å². The molecule has 0 aromatic heterocycles. The Hall–Kier alpha value is -1.02. The van der Waals surface area contributed by atoms with E-state index < -0.39 is 0 Å². The van der Waals surface area contributed by atoms with Gasteiger partial charge in [0.15, 0.2) is 0 Å². The van der Waals surface area contributed by atoms with Gasteiger partial charge < -0.3 is 10.8 Å². The Balaban J connectivity index is 2.32. The summed E-state index contributed by atoms with van der Waals surface area (Å²) in [5.74, 6) is 0.770. The maximum absolute atomic E-state index is 9.59. The fraction of sp³-hybridized carbons (Fsp3) is 0.500. The van der Waals surface area contributed by atoms with Crippen LogP contribution in [0.4, 0.5) is 0 Å². The standard InChI is InChI=1S/C12H17NO/c1-7-4-5-8(6-9(7)14)10-11(13)12(10,2)3/h4-6,10-11,14H,13H2,1-3H3/t10-,11-/m0/s1. The summed E-state index contributed by atoms with van der Waals surface area (Å²) < 4.78 is 0. The van der Waals surface area contributed by atoms with Crippen LogP contribution in [-0.2, 0) is 0 Å². The molecule has 1 aromatic carbocycles. The molecule has 3 N–H and O–H groups in total. The minimum absolute atomic E-state index is 0.182. The topological polar surface area (TPSA) is 46.2 Å². The van der Waals surface area contributed by atoms with Crippen molar-refractivity contribution in [2.45, 2.75) is 32.7 Å². The van der Waals surface area contributed by atoms with Crippen LogP contribution in [0.25, 0.3) is 0 Å². The van der Waals surface area contributed by atoms with Gasteiger partial charge in [-0.25, -0.2) is 0 Å². The molecule has 0 amide bonds. The maximum atomic E-state index is 9.59. The first-order chi connectivity index (χ1) is 6.44. The molecule has 76 valence electrons. The van der Waals surface area contributed by atoms with Gasteiger partial charge >= 0.3 is 0 Å². The third kappa shape index (κ3) is 1.22. The predicted molar refractivity (Wildman–Crippen MR) is 57.3 cm³/mol. The lowest BCUT2D eigenvalue weighted by molar-refractivity contribution is 0.470. The van der Waals surface area contributed by atoms with Gasteiger partial charge in [0, 0.05) is 12.0 Å². The lowest BCUT2D eigenvalue weighted by Crippen LogP contribution is -2.06. The molecule has 1 saturated carbocycles. The Morgan fingerprint density at radius 2 is 1.93 bits per heavy atom. The summed E-state index contributed by atoms with van der Waals surface area (Å²) in [6, 6.07) is 6.08. The number of aryl methyl sites for hydroxylation is 1. The van der Waals surface area contributed by atoms with Crippen LogP contribution in [0, 0.1) is 12.3 Å². The third-order valence-electron chi connectivity index (χ3n) is 3.50. The Kier molecular flexibility index (Phi) is 1.86. The van der Waals surface area contributed by atoms with Crippen molar-refractivity contribution in [3.8, 4) is 5.75 Å². The number of phenols is 1. The third-order valence-corrected chi connectivity index (χ3v) is 3.50. The number of aromatic hydroxyl groups is 1. The molecular weight excluding hydrogens is 174 g/mol. The average Bonchev–Trinajstić information content (AvgIpc) is 2.58. The highest BCUT2D eigenvalue weighted by Crippen LogP contribution is 2.57. The van der Waals surface area contributed by atoms with Gasteiger partial charge in [-0.1, -0.05) is 26.0 Å². The molecule has 1 aromatic rings. The summed E-state index contributed by atoms with van der Waals surface area (Å²) in [5.41, 5.74) is 8.24. The smallest absolute Gasteiger partial charge is 0.118 e. The van der Waals surface area contributed by atoms with Crippen LogP contribution < -0.4 is 5.73 Å². The van der Waals surface area contributed by atoms with Crippen molar-refractivity contribution in [1.29, 1.82) is 0 Å². The van der Waals surface area contributed by atoms with Gasteiger partial charge in [-0.3, -0.25) is 0 Å². The molecule has 0 radical (unpaired) electrons. The van der Waals surface area contributed by atoms with Gasteiger partial charge in [0.2, 0.25) is 0 Å². The predicted octanol–water partition coefficient (Wildman–Crippen LogP) is 2.15. The molecule has 1 aliphatic rings. The normalized spacial score (nSPS) is 28.9. The molecule has 0 aliphatic heterocycles. The summed E-state index contributed by atoms with van der Waals surface area (Å²) in [4.78, 5) is 0. The number of phenolic OH excluding ortho intramolecular Hbond substituents is 1. The van der Waals surface area contributed by atoms with E-state index in [1.54, 1.807) is 0 Å². The van der Waals surface area contributed by atoms with Crippen molar-refractivity contribution in [2.75, 3.05) is 0 Å². The number of rotatable bonds is 1. The van der Waals surface area contributed by atoms with Crippen molar-refractivity contribution in [3.63, 3.8) is 0 Å². The van der Waals surface area contributed by atoms with Gasteiger partial charge in [0.1, 0.15) is 5.75 Å². The highest BCUT2D eigenvalue weighted by atomic mass is 16.3.